The fourth-order valence-electron chi connectivity index (χ4n) is 4.79. The number of amides is 3. The summed E-state index contributed by atoms with van der Waals surface area (Å²) < 4.78 is 28.0. The highest BCUT2D eigenvalue weighted by atomic mass is 35.5. The first-order chi connectivity index (χ1) is 16.6. The van der Waals surface area contributed by atoms with Crippen LogP contribution in [0.1, 0.15) is 46.9 Å². The molecule has 0 spiro atoms. The molecule has 2 atom stereocenters. The van der Waals surface area contributed by atoms with Crippen molar-refractivity contribution in [2.45, 2.75) is 25.5 Å². The Morgan fingerprint density at radius 2 is 1.89 bits per heavy atom. The molecule has 6 nitrogen and oxygen atoms in total. The molecule has 0 radical (unpaired) electrons. The molecule has 9 heteroatoms. The zero-order valence-electron chi connectivity index (χ0n) is 18.9. The third-order valence-electron chi connectivity index (χ3n) is 6.74. The van der Waals surface area contributed by atoms with Gasteiger partial charge in [-0.1, -0.05) is 31.5 Å². The van der Waals surface area contributed by atoms with Crippen LogP contribution in [0, 0.1) is 17.6 Å². The minimum Gasteiger partial charge on any atom is -0.383 e. The Hall–Kier alpha value is -3.49. The van der Waals surface area contributed by atoms with Gasteiger partial charge in [-0.05, 0) is 54.4 Å². The molecule has 0 fully saturated rings. The van der Waals surface area contributed by atoms with Crippen LogP contribution >= 0.6 is 11.6 Å². The van der Waals surface area contributed by atoms with Gasteiger partial charge in [-0.2, -0.15) is 0 Å². The fourth-order valence-corrected chi connectivity index (χ4v) is 5.02. The number of hydrogen-bond donors (Lipinski definition) is 3. The van der Waals surface area contributed by atoms with Gasteiger partial charge in [0.2, 0.25) is 0 Å². The largest absolute Gasteiger partial charge is 0.383 e. The number of benzene rings is 3. The lowest BCUT2D eigenvalue weighted by molar-refractivity contribution is 0.00693. The Morgan fingerprint density at radius 3 is 2.63 bits per heavy atom. The van der Waals surface area contributed by atoms with Gasteiger partial charge in [-0.15, -0.1) is 0 Å². The first kappa shape index (κ1) is 23.3. The summed E-state index contributed by atoms with van der Waals surface area (Å²) in [7, 11) is 0. The van der Waals surface area contributed by atoms with Crippen molar-refractivity contribution in [3.05, 3.63) is 93.5 Å². The standard InChI is InChI=1S/C26H22ClF2N3O3/c1-13(2)26(35)12-32(21-9-7-15(29)11-18(21)26)25(34)30-20-5-3-4-16-22(20)23(31-24(16)33)17-10-14(28)6-8-19(17)27/h3-11,13,23,35H,12H2,1-2H3,(H,30,34)(H,31,33)/t23-,26+/m0/s1. The monoisotopic (exact) mass is 497 g/mol. The molecule has 180 valence electrons. The van der Waals surface area contributed by atoms with E-state index in [4.69, 9.17) is 11.6 Å². The zero-order valence-corrected chi connectivity index (χ0v) is 19.7. The second-order valence-electron chi connectivity index (χ2n) is 9.10. The number of fused-ring (bicyclic) bond motifs is 2. The van der Waals surface area contributed by atoms with Crippen LogP contribution in [0.5, 0.6) is 0 Å². The van der Waals surface area contributed by atoms with Crippen molar-refractivity contribution in [3.63, 3.8) is 0 Å². The SMILES string of the molecule is CC(C)[C@]1(O)CN(C(=O)Nc2cccc3c2[C@H](c2cc(F)ccc2Cl)NC3=O)c2ccc(F)cc21. The highest BCUT2D eigenvalue weighted by Crippen LogP contribution is 2.45. The van der Waals surface area contributed by atoms with Gasteiger partial charge in [0.05, 0.1) is 18.3 Å². The maximum Gasteiger partial charge on any atom is 0.326 e. The Labute approximate surface area is 205 Å². The van der Waals surface area contributed by atoms with Crippen molar-refractivity contribution in [3.8, 4) is 0 Å². The van der Waals surface area contributed by atoms with E-state index in [1.165, 1.54) is 41.3 Å². The molecule has 3 aromatic rings. The van der Waals surface area contributed by atoms with Gasteiger partial charge in [0, 0.05) is 33.0 Å². The molecule has 3 aromatic carbocycles. The maximum atomic E-state index is 14.0. The Morgan fingerprint density at radius 1 is 1.17 bits per heavy atom. The molecule has 0 saturated carbocycles. The number of nitrogens with zero attached hydrogens (tertiary/aromatic N) is 1. The zero-order chi connectivity index (χ0) is 25.1. The first-order valence-corrected chi connectivity index (χ1v) is 11.5. The van der Waals surface area contributed by atoms with Crippen molar-refractivity contribution in [2.75, 3.05) is 16.8 Å². The maximum absolute atomic E-state index is 14.0. The van der Waals surface area contributed by atoms with Crippen molar-refractivity contribution >= 4 is 34.9 Å². The molecule has 2 heterocycles. The minimum absolute atomic E-state index is 0.0688. The summed E-state index contributed by atoms with van der Waals surface area (Å²) in [6.45, 7) is 3.52. The van der Waals surface area contributed by atoms with Crippen LogP contribution in [0.2, 0.25) is 5.02 Å². The number of rotatable bonds is 3. The lowest BCUT2D eigenvalue weighted by atomic mass is 9.85. The van der Waals surface area contributed by atoms with E-state index in [1.807, 2.05) is 0 Å². The Bertz CT molecular complexity index is 1380. The van der Waals surface area contributed by atoms with Crippen molar-refractivity contribution in [1.82, 2.24) is 5.32 Å². The molecule has 3 N–H and O–H groups in total. The number of urea groups is 1. The number of aliphatic hydroxyl groups is 1. The molecule has 0 unspecified atom stereocenters. The summed E-state index contributed by atoms with van der Waals surface area (Å²) in [4.78, 5) is 27.4. The molecular formula is C26H22ClF2N3O3. The van der Waals surface area contributed by atoms with E-state index in [2.05, 4.69) is 10.6 Å². The van der Waals surface area contributed by atoms with Crippen LogP contribution < -0.4 is 15.5 Å². The minimum atomic E-state index is -1.43. The average molecular weight is 498 g/mol. The lowest BCUT2D eigenvalue weighted by Gasteiger charge is -2.28. The Kier molecular flexibility index (Phi) is 5.53. The van der Waals surface area contributed by atoms with Crippen LogP contribution in [-0.2, 0) is 5.60 Å². The predicted octanol–water partition coefficient (Wildman–Crippen LogP) is 5.35. The van der Waals surface area contributed by atoms with E-state index >= 15 is 0 Å². The van der Waals surface area contributed by atoms with E-state index < -0.39 is 29.3 Å². The molecule has 2 aliphatic heterocycles. The topological polar surface area (TPSA) is 81.7 Å². The average Bonchev–Trinajstić information content (AvgIpc) is 3.31. The van der Waals surface area contributed by atoms with E-state index in [0.717, 1.165) is 0 Å². The van der Waals surface area contributed by atoms with Crippen LogP contribution in [0.3, 0.4) is 0 Å². The van der Waals surface area contributed by atoms with Gasteiger partial charge in [0.25, 0.3) is 5.91 Å². The number of halogens is 3. The third-order valence-corrected chi connectivity index (χ3v) is 7.08. The number of carbonyl (C=O) groups excluding carboxylic acids is 2. The number of β-amino-alcohol motifs (C(OH)–C–C–N with tert-alkyl or cyclic N) is 1. The molecule has 5 rings (SSSR count). The van der Waals surface area contributed by atoms with Crippen molar-refractivity contribution in [2.24, 2.45) is 5.92 Å². The number of carbonyl (C=O) groups is 2. The summed E-state index contributed by atoms with van der Waals surface area (Å²) in [6.07, 6.45) is 0. The smallest absolute Gasteiger partial charge is 0.326 e. The molecule has 0 saturated heterocycles. The molecule has 3 amide bonds. The number of anilines is 2. The van der Waals surface area contributed by atoms with Crippen LogP contribution in [0.4, 0.5) is 25.0 Å². The quantitative estimate of drug-likeness (QED) is 0.456. The van der Waals surface area contributed by atoms with Crippen molar-refractivity contribution in [1.29, 1.82) is 0 Å². The summed E-state index contributed by atoms with van der Waals surface area (Å²) in [5.74, 6) is -1.69. The normalized spacial score (nSPS) is 20.6. The molecule has 35 heavy (non-hydrogen) atoms. The second-order valence-corrected chi connectivity index (χ2v) is 9.50. The van der Waals surface area contributed by atoms with Crippen molar-refractivity contribution < 1.29 is 23.5 Å². The van der Waals surface area contributed by atoms with Gasteiger partial charge in [0.15, 0.2) is 0 Å². The predicted molar refractivity (Wildman–Crippen MR) is 129 cm³/mol. The van der Waals surface area contributed by atoms with Gasteiger partial charge in [-0.3, -0.25) is 9.69 Å². The lowest BCUT2D eigenvalue weighted by Crippen LogP contribution is -2.42. The van der Waals surface area contributed by atoms with E-state index in [0.29, 0.717) is 33.6 Å². The van der Waals surface area contributed by atoms with E-state index in [-0.39, 0.29) is 23.4 Å². The Balaban J connectivity index is 1.53. The van der Waals surface area contributed by atoms with Gasteiger partial charge in [-0.25, -0.2) is 13.6 Å². The van der Waals surface area contributed by atoms with Gasteiger partial charge in [0.1, 0.15) is 17.2 Å². The summed E-state index contributed by atoms with van der Waals surface area (Å²) in [5, 5.41) is 17.2. The fraction of sp³-hybridized carbons (Fsp3) is 0.231. The van der Waals surface area contributed by atoms with Crippen LogP contribution in [0.15, 0.2) is 54.6 Å². The third kappa shape index (κ3) is 3.73. The molecule has 0 aromatic heterocycles. The molecule has 0 bridgehead atoms. The van der Waals surface area contributed by atoms with Crippen LogP contribution in [0.25, 0.3) is 0 Å². The molecule has 0 aliphatic carbocycles. The highest BCUT2D eigenvalue weighted by Gasteiger charge is 2.46. The van der Waals surface area contributed by atoms with E-state index in [9.17, 15) is 23.5 Å². The van der Waals surface area contributed by atoms with E-state index in [1.54, 1.807) is 32.0 Å². The highest BCUT2D eigenvalue weighted by molar-refractivity contribution is 6.31. The number of nitrogens with one attached hydrogen (secondary N) is 2. The van der Waals surface area contributed by atoms with Gasteiger partial charge < -0.3 is 15.7 Å². The first-order valence-electron chi connectivity index (χ1n) is 11.1. The van der Waals surface area contributed by atoms with Crippen LogP contribution in [-0.4, -0.2) is 23.6 Å². The summed E-state index contributed by atoms with van der Waals surface area (Å²) >= 11 is 6.31. The number of hydrogen-bond acceptors (Lipinski definition) is 3. The second kappa shape index (κ2) is 8.32. The molecular weight excluding hydrogens is 476 g/mol. The summed E-state index contributed by atoms with van der Waals surface area (Å²) in [6, 6.07) is 11.3. The summed E-state index contributed by atoms with van der Waals surface area (Å²) in [5.41, 5.74) is 0.778. The van der Waals surface area contributed by atoms with Gasteiger partial charge >= 0.3 is 6.03 Å². The molecule has 2 aliphatic rings.